The van der Waals surface area contributed by atoms with Gasteiger partial charge in [0.25, 0.3) is 0 Å². The maximum atomic E-state index is 13.6. The van der Waals surface area contributed by atoms with Crippen molar-refractivity contribution >= 4 is 11.4 Å². The number of nitrogens with zero attached hydrogens (tertiary/aromatic N) is 3. The molecule has 0 fully saturated rings. The van der Waals surface area contributed by atoms with E-state index in [1.807, 2.05) is 7.05 Å². The predicted octanol–water partition coefficient (Wildman–Crippen LogP) is 1.59. The van der Waals surface area contributed by atoms with Crippen LogP contribution in [0.25, 0.3) is 0 Å². The normalized spacial score (nSPS) is 10.6. The van der Waals surface area contributed by atoms with Gasteiger partial charge in [0.05, 0.1) is 18.0 Å². The number of rotatable bonds is 6. The van der Waals surface area contributed by atoms with E-state index in [-0.39, 0.29) is 5.75 Å². The molecule has 1 aromatic carbocycles. The molecule has 1 heterocycles. The van der Waals surface area contributed by atoms with Gasteiger partial charge in [-0.05, 0) is 6.92 Å². The van der Waals surface area contributed by atoms with E-state index in [1.54, 1.807) is 24.0 Å². The van der Waals surface area contributed by atoms with Gasteiger partial charge >= 0.3 is 0 Å². The zero-order chi connectivity index (χ0) is 14.5. The number of aromatic nitrogens is 3. The molecule has 6 nitrogen and oxygen atoms in total. The van der Waals surface area contributed by atoms with Gasteiger partial charge in [0.15, 0.2) is 17.4 Å². The van der Waals surface area contributed by atoms with E-state index >= 15 is 0 Å². The Bertz CT molecular complexity index is 584. The number of hydrogen-bond donors (Lipinski definition) is 2. The molecule has 20 heavy (non-hydrogen) atoms. The smallest absolute Gasteiger partial charge is 0.167 e. The van der Waals surface area contributed by atoms with Gasteiger partial charge in [-0.3, -0.25) is 4.68 Å². The van der Waals surface area contributed by atoms with Gasteiger partial charge in [-0.15, -0.1) is 0 Å². The minimum atomic E-state index is -0.457. The van der Waals surface area contributed by atoms with Crippen LogP contribution in [0.4, 0.5) is 15.8 Å². The van der Waals surface area contributed by atoms with Crippen LogP contribution in [0.15, 0.2) is 18.5 Å². The first-order valence-corrected chi connectivity index (χ1v) is 6.40. The molecule has 0 atom stereocenters. The fourth-order valence-electron chi connectivity index (χ4n) is 1.80. The lowest BCUT2D eigenvalue weighted by Gasteiger charge is -2.12. The largest absolute Gasteiger partial charge is 0.491 e. The van der Waals surface area contributed by atoms with Crippen LogP contribution in [0, 0.1) is 5.82 Å². The summed E-state index contributed by atoms with van der Waals surface area (Å²) in [6, 6.07) is 2.83. The molecule has 0 bridgehead atoms. The first-order valence-electron chi connectivity index (χ1n) is 6.40. The topological polar surface area (TPSA) is 78.0 Å². The van der Waals surface area contributed by atoms with Crippen LogP contribution >= 0.6 is 0 Å². The lowest BCUT2D eigenvalue weighted by atomic mass is 10.2. The Hall–Kier alpha value is -2.31. The SMILES string of the molecule is CCOc1cc(NCCc2ncn(C)n2)c(N)cc1F. The van der Waals surface area contributed by atoms with Crippen LogP contribution in [0.5, 0.6) is 5.75 Å². The van der Waals surface area contributed by atoms with E-state index in [2.05, 4.69) is 15.4 Å². The van der Waals surface area contributed by atoms with Gasteiger partial charge in [-0.1, -0.05) is 0 Å². The Balaban J connectivity index is 1.99. The summed E-state index contributed by atoms with van der Waals surface area (Å²) in [4.78, 5) is 4.13. The van der Waals surface area contributed by atoms with Crippen molar-refractivity contribution < 1.29 is 9.13 Å². The minimum absolute atomic E-state index is 0.195. The van der Waals surface area contributed by atoms with Gasteiger partial charge in [-0.25, -0.2) is 9.37 Å². The Kier molecular flexibility index (Phi) is 4.39. The van der Waals surface area contributed by atoms with Gasteiger partial charge in [-0.2, -0.15) is 5.10 Å². The fraction of sp³-hybridized carbons (Fsp3) is 0.385. The lowest BCUT2D eigenvalue weighted by molar-refractivity contribution is 0.322. The Morgan fingerprint density at radius 2 is 2.25 bits per heavy atom. The molecule has 0 aliphatic rings. The monoisotopic (exact) mass is 279 g/mol. The number of halogens is 1. The minimum Gasteiger partial charge on any atom is -0.491 e. The maximum Gasteiger partial charge on any atom is 0.167 e. The van der Waals surface area contributed by atoms with Crippen molar-refractivity contribution in [3.63, 3.8) is 0 Å². The summed E-state index contributed by atoms with van der Waals surface area (Å²) in [6.45, 7) is 2.80. The molecule has 0 saturated heterocycles. The van der Waals surface area contributed by atoms with E-state index in [1.165, 1.54) is 6.07 Å². The molecular formula is C13H18FN5O. The number of ether oxygens (including phenoxy) is 1. The molecule has 0 aliphatic heterocycles. The van der Waals surface area contributed by atoms with Gasteiger partial charge in [0, 0.05) is 32.1 Å². The van der Waals surface area contributed by atoms with E-state index in [9.17, 15) is 4.39 Å². The van der Waals surface area contributed by atoms with Crippen LogP contribution in [-0.2, 0) is 13.5 Å². The number of benzene rings is 1. The van der Waals surface area contributed by atoms with Crippen LogP contribution < -0.4 is 15.8 Å². The quantitative estimate of drug-likeness (QED) is 0.785. The van der Waals surface area contributed by atoms with Crippen molar-refractivity contribution in [2.24, 2.45) is 7.05 Å². The summed E-state index contributed by atoms with van der Waals surface area (Å²) >= 11 is 0. The first-order chi connectivity index (χ1) is 9.60. The second kappa shape index (κ2) is 6.23. The maximum absolute atomic E-state index is 13.6. The molecule has 0 unspecified atom stereocenters. The van der Waals surface area contributed by atoms with Crippen LogP contribution in [-0.4, -0.2) is 27.9 Å². The number of nitrogens with two attached hydrogens (primary N) is 1. The highest BCUT2D eigenvalue weighted by Crippen LogP contribution is 2.28. The van der Waals surface area contributed by atoms with Crippen molar-refractivity contribution in [1.82, 2.24) is 14.8 Å². The zero-order valence-electron chi connectivity index (χ0n) is 11.6. The van der Waals surface area contributed by atoms with Crippen molar-refractivity contribution in [1.29, 1.82) is 0 Å². The van der Waals surface area contributed by atoms with Crippen LogP contribution in [0.3, 0.4) is 0 Å². The highest BCUT2D eigenvalue weighted by Gasteiger charge is 2.09. The van der Waals surface area contributed by atoms with Crippen molar-refractivity contribution in [3.8, 4) is 5.75 Å². The summed E-state index contributed by atoms with van der Waals surface area (Å²) in [5.41, 5.74) is 6.77. The number of hydrogen-bond acceptors (Lipinski definition) is 5. The zero-order valence-corrected chi connectivity index (χ0v) is 11.6. The van der Waals surface area contributed by atoms with E-state index in [0.29, 0.717) is 30.9 Å². The number of nitrogens with one attached hydrogen (secondary N) is 1. The van der Waals surface area contributed by atoms with Crippen LogP contribution in [0.1, 0.15) is 12.7 Å². The van der Waals surface area contributed by atoms with E-state index in [4.69, 9.17) is 10.5 Å². The molecule has 0 radical (unpaired) electrons. The van der Waals surface area contributed by atoms with Crippen molar-refractivity contribution in [2.45, 2.75) is 13.3 Å². The Morgan fingerprint density at radius 3 is 2.90 bits per heavy atom. The van der Waals surface area contributed by atoms with E-state index < -0.39 is 5.82 Å². The third kappa shape index (κ3) is 3.37. The third-order valence-electron chi connectivity index (χ3n) is 2.71. The number of anilines is 2. The molecule has 108 valence electrons. The third-order valence-corrected chi connectivity index (χ3v) is 2.71. The second-order valence-electron chi connectivity index (χ2n) is 4.31. The number of nitrogen functional groups attached to an aromatic ring is 1. The lowest BCUT2D eigenvalue weighted by Crippen LogP contribution is -2.09. The van der Waals surface area contributed by atoms with Crippen LogP contribution in [0.2, 0.25) is 0 Å². The molecule has 0 amide bonds. The molecule has 7 heteroatoms. The molecule has 0 saturated carbocycles. The van der Waals surface area contributed by atoms with E-state index in [0.717, 1.165) is 5.82 Å². The summed E-state index contributed by atoms with van der Waals surface area (Å²) in [6.07, 6.45) is 2.30. The molecule has 0 aliphatic carbocycles. The van der Waals surface area contributed by atoms with Crippen molar-refractivity contribution in [3.05, 3.63) is 30.1 Å². The molecule has 0 spiro atoms. The standard InChI is InChI=1S/C13H18FN5O/c1-3-20-12-7-11(10(15)6-9(12)14)16-5-4-13-17-8-19(2)18-13/h6-8,16H,3-5,15H2,1-2H3. The Labute approximate surface area is 116 Å². The Morgan fingerprint density at radius 1 is 1.45 bits per heavy atom. The highest BCUT2D eigenvalue weighted by molar-refractivity contribution is 5.68. The highest BCUT2D eigenvalue weighted by atomic mass is 19.1. The summed E-state index contributed by atoms with van der Waals surface area (Å²) in [5, 5.41) is 7.31. The molecule has 2 rings (SSSR count). The fourth-order valence-corrected chi connectivity index (χ4v) is 1.80. The average Bonchev–Trinajstić information content (AvgIpc) is 2.81. The van der Waals surface area contributed by atoms with Gasteiger partial charge < -0.3 is 15.8 Å². The summed E-state index contributed by atoms with van der Waals surface area (Å²) in [5.74, 6) is 0.479. The molecule has 3 N–H and O–H groups in total. The predicted molar refractivity (Wildman–Crippen MR) is 75.2 cm³/mol. The summed E-state index contributed by atoms with van der Waals surface area (Å²) < 4.78 is 20.4. The van der Waals surface area contributed by atoms with Gasteiger partial charge in [0.2, 0.25) is 0 Å². The van der Waals surface area contributed by atoms with Gasteiger partial charge in [0.1, 0.15) is 6.33 Å². The second-order valence-corrected chi connectivity index (χ2v) is 4.31. The summed E-state index contributed by atoms with van der Waals surface area (Å²) in [7, 11) is 1.82. The average molecular weight is 279 g/mol. The molecular weight excluding hydrogens is 261 g/mol. The first kappa shape index (κ1) is 14.1. The molecule has 2 aromatic rings. The molecule has 1 aromatic heterocycles. The van der Waals surface area contributed by atoms with Crippen molar-refractivity contribution in [2.75, 3.05) is 24.2 Å². The number of aryl methyl sites for hydroxylation is 1.